The third-order valence-corrected chi connectivity index (χ3v) is 7.37. The number of carboxylic acid groups (broad SMARTS) is 1. The second-order valence-electron chi connectivity index (χ2n) is 7.73. The Morgan fingerprint density at radius 2 is 1.69 bits per heavy atom. The summed E-state index contributed by atoms with van der Waals surface area (Å²) in [6.45, 7) is 1.51. The molecule has 1 heterocycles. The summed E-state index contributed by atoms with van der Waals surface area (Å²) in [4.78, 5) is 11.6. The third-order valence-electron chi connectivity index (χ3n) is 5.58. The second-order valence-corrected chi connectivity index (χ2v) is 9.69. The van der Waals surface area contributed by atoms with Crippen molar-refractivity contribution in [2.24, 2.45) is 0 Å². The molecule has 3 aromatic carbocycles. The molecule has 7 heteroatoms. The molecule has 0 spiro atoms. The topological polar surface area (TPSA) is 76.4 Å². The van der Waals surface area contributed by atoms with E-state index in [0.717, 1.165) is 0 Å². The predicted molar refractivity (Wildman–Crippen MR) is 121 cm³/mol. The van der Waals surface area contributed by atoms with Crippen molar-refractivity contribution in [2.75, 3.05) is 0 Å². The van der Waals surface area contributed by atoms with E-state index in [1.807, 2.05) is 6.07 Å². The number of fused-ring (bicyclic) bond motifs is 1. The largest absolute Gasteiger partial charge is 0.480 e. The van der Waals surface area contributed by atoms with Gasteiger partial charge in [-0.25, -0.2) is 12.8 Å². The molecule has 32 heavy (non-hydrogen) atoms. The molecule has 0 bridgehead atoms. The lowest BCUT2D eigenvalue weighted by Crippen LogP contribution is -2.11. The van der Waals surface area contributed by atoms with Gasteiger partial charge in [0.05, 0.1) is 10.6 Å². The number of nitrogens with zero attached hydrogens (tertiary/aromatic N) is 1. The Balaban J connectivity index is 1.80. The SMILES string of the molecule is Cc1c(Cc2ccccc2S(=O)(=O)Cc2ccccc2)c2cc(F)ccc2n1CC(=O)O. The zero-order valence-electron chi connectivity index (χ0n) is 17.5. The number of carbonyl (C=O) groups is 1. The number of carboxylic acids is 1. The van der Waals surface area contributed by atoms with Gasteiger partial charge in [-0.05, 0) is 47.9 Å². The molecule has 164 valence electrons. The van der Waals surface area contributed by atoms with Crippen molar-refractivity contribution in [1.82, 2.24) is 4.57 Å². The third kappa shape index (κ3) is 4.29. The highest BCUT2D eigenvalue weighted by molar-refractivity contribution is 7.90. The first-order valence-corrected chi connectivity index (χ1v) is 11.7. The molecule has 1 N–H and O–H groups in total. The fourth-order valence-electron chi connectivity index (χ4n) is 4.10. The van der Waals surface area contributed by atoms with Crippen LogP contribution in [-0.4, -0.2) is 24.1 Å². The van der Waals surface area contributed by atoms with E-state index in [1.54, 1.807) is 66.1 Å². The van der Waals surface area contributed by atoms with Crippen molar-refractivity contribution in [3.8, 4) is 0 Å². The van der Waals surface area contributed by atoms with Crippen LogP contribution in [-0.2, 0) is 33.4 Å². The lowest BCUT2D eigenvalue weighted by atomic mass is 10.0. The van der Waals surface area contributed by atoms with E-state index in [2.05, 4.69) is 0 Å². The zero-order chi connectivity index (χ0) is 22.9. The Morgan fingerprint density at radius 1 is 1.00 bits per heavy atom. The number of aromatic nitrogens is 1. The van der Waals surface area contributed by atoms with Gasteiger partial charge >= 0.3 is 5.97 Å². The summed E-state index contributed by atoms with van der Waals surface area (Å²) in [5, 5.41) is 9.90. The van der Waals surface area contributed by atoms with Gasteiger partial charge in [-0.15, -0.1) is 0 Å². The molecule has 0 amide bonds. The number of halogens is 1. The molecule has 4 aromatic rings. The van der Waals surface area contributed by atoms with Gasteiger partial charge in [-0.3, -0.25) is 4.79 Å². The van der Waals surface area contributed by atoms with Crippen LogP contribution >= 0.6 is 0 Å². The molecule has 1 aromatic heterocycles. The van der Waals surface area contributed by atoms with E-state index in [9.17, 15) is 22.7 Å². The lowest BCUT2D eigenvalue weighted by Gasteiger charge is -2.12. The Hall–Kier alpha value is -3.45. The van der Waals surface area contributed by atoms with E-state index < -0.39 is 21.6 Å². The first-order chi connectivity index (χ1) is 15.3. The van der Waals surface area contributed by atoms with Crippen LogP contribution in [0, 0.1) is 12.7 Å². The Labute approximate surface area is 185 Å². The van der Waals surface area contributed by atoms with Crippen LogP contribution in [0.25, 0.3) is 10.9 Å². The number of hydrogen-bond acceptors (Lipinski definition) is 3. The van der Waals surface area contributed by atoms with E-state index in [4.69, 9.17) is 0 Å². The quantitative estimate of drug-likeness (QED) is 0.440. The Bertz CT molecular complexity index is 1410. The maximum absolute atomic E-state index is 14.0. The zero-order valence-corrected chi connectivity index (χ0v) is 18.3. The van der Waals surface area contributed by atoms with Crippen molar-refractivity contribution in [1.29, 1.82) is 0 Å². The van der Waals surface area contributed by atoms with Crippen LogP contribution in [0.3, 0.4) is 0 Å². The normalized spacial score (nSPS) is 11.7. The van der Waals surface area contributed by atoms with Crippen LogP contribution in [0.2, 0.25) is 0 Å². The fourth-order valence-corrected chi connectivity index (χ4v) is 5.71. The number of benzene rings is 3. The minimum Gasteiger partial charge on any atom is -0.480 e. The number of sulfone groups is 1. The Kier molecular flexibility index (Phi) is 5.84. The average molecular weight is 452 g/mol. The summed E-state index contributed by atoms with van der Waals surface area (Å²) in [6.07, 6.45) is 0.239. The minimum absolute atomic E-state index is 0.126. The molecule has 0 aliphatic carbocycles. The average Bonchev–Trinajstić information content (AvgIpc) is 2.99. The summed E-state index contributed by atoms with van der Waals surface area (Å²) in [6, 6.07) is 20.0. The van der Waals surface area contributed by atoms with Crippen molar-refractivity contribution >= 4 is 26.7 Å². The molecule has 0 fully saturated rings. The van der Waals surface area contributed by atoms with E-state index in [0.29, 0.717) is 33.3 Å². The maximum atomic E-state index is 14.0. The highest BCUT2D eigenvalue weighted by atomic mass is 32.2. The highest BCUT2D eigenvalue weighted by Crippen LogP contribution is 2.31. The standard InChI is InChI=1S/C25H22FNO4S/c1-17-21(22-14-20(26)11-12-23(22)27(17)15-25(28)29)13-19-9-5-6-10-24(19)32(30,31)16-18-7-3-2-4-8-18/h2-12,14H,13,15-16H2,1H3,(H,28,29). The van der Waals surface area contributed by atoms with Crippen LogP contribution in [0.5, 0.6) is 0 Å². The molecule has 4 rings (SSSR count). The van der Waals surface area contributed by atoms with Gasteiger partial charge in [-0.1, -0.05) is 48.5 Å². The first-order valence-electron chi connectivity index (χ1n) is 10.1. The molecule has 0 aliphatic heterocycles. The van der Waals surface area contributed by atoms with Crippen LogP contribution in [0.1, 0.15) is 22.4 Å². The smallest absolute Gasteiger partial charge is 0.323 e. The molecular weight excluding hydrogens is 429 g/mol. The summed E-state index contributed by atoms with van der Waals surface area (Å²) in [7, 11) is -3.63. The summed E-state index contributed by atoms with van der Waals surface area (Å²) >= 11 is 0. The maximum Gasteiger partial charge on any atom is 0.323 e. The lowest BCUT2D eigenvalue weighted by molar-refractivity contribution is -0.137. The monoisotopic (exact) mass is 451 g/mol. The van der Waals surface area contributed by atoms with Gasteiger partial charge in [-0.2, -0.15) is 0 Å². The van der Waals surface area contributed by atoms with E-state index in [1.165, 1.54) is 12.1 Å². The molecule has 0 saturated heterocycles. The van der Waals surface area contributed by atoms with Crippen LogP contribution in [0.15, 0.2) is 77.7 Å². The van der Waals surface area contributed by atoms with Gasteiger partial charge < -0.3 is 9.67 Å². The number of hydrogen-bond donors (Lipinski definition) is 1. The molecule has 0 aliphatic rings. The second kappa shape index (κ2) is 8.59. The summed E-state index contributed by atoms with van der Waals surface area (Å²) in [5.74, 6) is -1.57. The van der Waals surface area contributed by atoms with Crippen molar-refractivity contribution in [2.45, 2.75) is 30.5 Å². The molecule has 5 nitrogen and oxygen atoms in total. The molecular formula is C25H22FNO4S. The Morgan fingerprint density at radius 3 is 2.41 bits per heavy atom. The van der Waals surface area contributed by atoms with Gasteiger partial charge in [0, 0.05) is 23.0 Å². The number of aliphatic carboxylic acids is 1. The predicted octanol–water partition coefficient (Wildman–Crippen LogP) is 4.74. The van der Waals surface area contributed by atoms with Gasteiger partial charge in [0.25, 0.3) is 0 Å². The highest BCUT2D eigenvalue weighted by Gasteiger charge is 2.22. The van der Waals surface area contributed by atoms with Crippen molar-refractivity contribution in [3.05, 3.63) is 101 Å². The van der Waals surface area contributed by atoms with E-state index >= 15 is 0 Å². The van der Waals surface area contributed by atoms with Gasteiger partial charge in [0.1, 0.15) is 12.4 Å². The van der Waals surface area contributed by atoms with Crippen LogP contribution < -0.4 is 0 Å². The number of rotatable bonds is 7. The minimum atomic E-state index is -3.63. The van der Waals surface area contributed by atoms with E-state index in [-0.39, 0.29) is 23.6 Å². The molecule has 0 radical (unpaired) electrons. The summed E-state index contributed by atoms with van der Waals surface area (Å²) in [5.41, 5.74) is 3.26. The molecule has 0 saturated carbocycles. The summed E-state index contributed by atoms with van der Waals surface area (Å²) < 4.78 is 42.1. The van der Waals surface area contributed by atoms with Gasteiger partial charge in [0.2, 0.25) is 0 Å². The molecule has 0 unspecified atom stereocenters. The van der Waals surface area contributed by atoms with Crippen LogP contribution in [0.4, 0.5) is 4.39 Å². The van der Waals surface area contributed by atoms with Crippen molar-refractivity contribution < 1.29 is 22.7 Å². The molecule has 0 atom stereocenters. The van der Waals surface area contributed by atoms with Gasteiger partial charge in [0.15, 0.2) is 9.84 Å². The fraction of sp³-hybridized carbons (Fsp3) is 0.160. The first kappa shape index (κ1) is 21.8. The van der Waals surface area contributed by atoms with Crippen molar-refractivity contribution in [3.63, 3.8) is 0 Å².